The number of carbonyl (C=O) groups excluding carboxylic acids is 1. The van der Waals surface area contributed by atoms with Crippen molar-refractivity contribution in [3.63, 3.8) is 0 Å². The van der Waals surface area contributed by atoms with Gasteiger partial charge in [0.2, 0.25) is 0 Å². The van der Waals surface area contributed by atoms with Gasteiger partial charge in [-0.3, -0.25) is 4.79 Å². The van der Waals surface area contributed by atoms with Crippen molar-refractivity contribution in [3.05, 3.63) is 35.5 Å². The van der Waals surface area contributed by atoms with Gasteiger partial charge in [0.25, 0.3) is 0 Å². The van der Waals surface area contributed by atoms with Gasteiger partial charge in [-0.2, -0.15) is 13.2 Å². The molecule has 0 aliphatic carbocycles. The number of hydrogen-bond donors (Lipinski definition) is 1. The van der Waals surface area contributed by atoms with E-state index < -0.39 is 24.1 Å². The maximum atomic E-state index is 13.1. The van der Waals surface area contributed by atoms with Crippen molar-refractivity contribution in [2.24, 2.45) is 12.8 Å². The standard InChI is InChI=1S/C12H11F3N2O/c1-17-8-5-3-2-4-7(8)10(12(13,14)15)11(17)9(18)6-16/h2-5H,6,16H2,1H3. The van der Waals surface area contributed by atoms with Crippen LogP contribution < -0.4 is 5.73 Å². The fourth-order valence-electron chi connectivity index (χ4n) is 2.10. The molecule has 0 aliphatic heterocycles. The van der Waals surface area contributed by atoms with Crippen LogP contribution in [0.4, 0.5) is 13.2 Å². The molecule has 96 valence electrons. The first-order valence-electron chi connectivity index (χ1n) is 5.25. The molecule has 0 saturated carbocycles. The largest absolute Gasteiger partial charge is 0.419 e. The number of para-hydroxylation sites is 1. The van der Waals surface area contributed by atoms with Gasteiger partial charge in [0, 0.05) is 18.0 Å². The summed E-state index contributed by atoms with van der Waals surface area (Å²) in [6.45, 7) is -0.451. The summed E-state index contributed by atoms with van der Waals surface area (Å²) in [7, 11) is 1.43. The van der Waals surface area contributed by atoms with Gasteiger partial charge in [0.05, 0.1) is 17.8 Å². The summed E-state index contributed by atoms with van der Waals surface area (Å²) < 4.78 is 40.5. The van der Waals surface area contributed by atoms with Gasteiger partial charge in [-0.15, -0.1) is 0 Å². The zero-order chi connectivity index (χ0) is 13.5. The number of aromatic nitrogens is 1. The van der Waals surface area contributed by atoms with E-state index in [-0.39, 0.29) is 11.1 Å². The van der Waals surface area contributed by atoms with Crippen LogP contribution in [0.25, 0.3) is 10.9 Å². The average molecular weight is 256 g/mol. The van der Waals surface area contributed by atoms with Crippen molar-refractivity contribution < 1.29 is 18.0 Å². The van der Waals surface area contributed by atoms with Crippen LogP contribution in [0.5, 0.6) is 0 Å². The molecule has 0 spiro atoms. The quantitative estimate of drug-likeness (QED) is 0.838. The highest BCUT2D eigenvalue weighted by Gasteiger charge is 2.39. The Hall–Kier alpha value is -1.82. The summed E-state index contributed by atoms with van der Waals surface area (Å²) >= 11 is 0. The Kier molecular flexibility index (Phi) is 2.90. The van der Waals surface area contributed by atoms with Crippen LogP contribution in [-0.2, 0) is 13.2 Å². The summed E-state index contributed by atoms with van der Waals surface area (Å²) in [5.74, 6) is -0.721. The van der Waals surface area contributed by atoms with E-state index >= 15 is 0 Å². The number of alkyl halides is 3. The summed E-state index contributed by atoms with van der Waals surface area (Å²) in [4.78, 5) is 11.6. The first-order valence-corrected chi connectivity index (χ1v) is 5.25. The Morgan fingerprint density at radius 1 is 1.33 bits per heavy atom. The van der Waals surface area contributed by atoms with Crippen molar-refractivity contribution in [1.29, 1.82) is 0 Å². The van der Waals surface area contributed by atoms with Crippen LogP contribution in [0.1, 0.15) is 16.1 Å². The Balaban J connectivity index is 2.91. The van der Waals surface area contributed by atoms with E-state index in [1.165, 1.54) is 29.8 Å². The molecule has 18 heavy (non-hydrogen) atoms. The smallest absolute Gasteiger partial charge is 0.341 e. The van der Waals surface area contributed by atoms with E-state index in [1.807, 2.05) is 0 Å². The molecule has 3 nitrogen and oxygen atoms in total. The Morgan fingerprint density at radius 3 is 2.50 bits per heavy atom. The van der Waals surface area contributed by atoms with Crippen molar-refractivity contribution in [2.45, 2.75) is 6.18 Å². The second-order valence-electron chi connectivity index (χ2n) is 3.92. The highest BCUT2D eigenvalue weighted by atomic mass is 19.4. The van der Waals surface area contributed by atoms with Crippen LogP contribution >= 0.6 is 0 Å². The molecule has 0 unspecified atom stereocenters. The molecule has 0 amide bonds. The predicted octanol–water partition coefficient (Wildman–Crippen LogP) is 2.34. The first kappa shape index (κ1) is 12.6. The monoisotopic (exact) mass is 256 g/mol. The highest BCUT2D eigenvalue weighted by molar-refractivity contribution is 6.04. The van der Waals surface area contributed by atoms with Crippen molar-refractivity contribution in [3.8, 4) is 0 Å². The molecule has 2 rings (SSSR count). The number of benzene rings is 1. The molecule has 0 bridgehead atoms. The van der Waals surface area contributed by atoms with Crippen LogP contribution in [0.15, 0.2) is 24.3 Å². The van der Waals surface area contributed by atoms with Gasteiger partial charge in [-0.1, -0.05) is 18.2 Å². The minimum atomic E-state index is -4.58. The van der Waals surface area contributed by atoms with Crippen molar-refractivity contribution >= 4 is 16.7 Å². The molecule has 1 heterocycles. The Bertz CT molecular complexity index is 614. The second kappa shape index (κ2) is 4.13. The SMILES string of the molecule is Cn1c(C(=O)CN)c(C(F)(F)F)c2ccccc21. The molecule has 6 heteroatoms. The molecule has 0 fully saturated rings. The molecular formula is C12H11F3N2O. The first-order chi connectivity index (χ1) is 8.38. The van der Waals surface area contributed by atoms with E-state index in [2.05, 4.69) is 0 Å². The lowest BCUT2D eigenvalue weighted by atomic mass is 10.1. The molecule has 0 aliphatic rings. The molecule has 1 aromatic carbocycles. The van der Waals surface area contributed by atoms with Crippen molar-refractivity contribution in [1.82, 2.24) is 4.57 Å². The lowest BCUT2D eigenvalue weighted by Crippen LogP contribution is -2.21. The fourth-order valence-corrected chi connectivity index (χ4v) is 2.10. The predicted molar refractivity (Wildman–Crippen MR) is 61.3 cm³/mol. The molecule has 0 saturated heterocycles. The van der Waals surface area contributed by atoms with Gasteiger partial charge in [-0.25, -0.2) is 0 Å². The number of nitrogens with zero attached hydrogens (tertiary/aromatic N) is 1. The number of aryl methyl sites for hydroxylation is 1. The van der Waals surface area contributed by atoms with Crippen LogP contribution in [0.3, 0.4) is 0 Å². The maximum Gasteiger partial charge on any atom is 0.419 e. The van der Waals surface area contributed by atoms with Gasteiger partial charge in [-0.05, 0) is 6.07 Å². The lowest BCUT2D eigenvalue weighted by molar-refractivity contribution is -0.136. The third-order valence-electron chi connectivity index (χ3n) is 2.84. The lowest BCUT2D eigenvalue weighted by Gasteiger charge is -2.08. The third-order valence-corrected chi connectivity index (χ3v) is 2.84. The zero-order valence-corrected chi connectivity index (χ0v) is 9.58. The van der Waals surface area contributed by atoms with Crippen LogP contribution in [-0.4, -0.2) is 16.9 Å². The fraction of sp³-hybridized carbons (Fsp3) is 0.250. The molecule has 0 radical (unpaired) electrons. The van der Waals surface area contributed by atoms with E-state index in [0.29, 0.717) is 5.52 Å². The minimum absolute atomic E-state index is 0.0179. The number of carbonyl (C=O) groups is 1. The number of ketones is 1. The zero-order valence-electron chi connectivity index (χ0n) is 9.58. The summed E-state index contributed by atoms with van der Waals surface area (Å²) in [5.41, 5.74) is 4.25. The van der Waals surface area contributed by atoms with E-state index in [0.717, 1.165) is 0 Å². The van der Waals surface area contributed by atoms with Gasteiger partial charge in [0.1, 0.15) is 0 Å². The van der Waals surface area contributed by atoms with Crippen molar-refractivity contribution in [2.75, 3.05) is 6.54 Å². The van der Waals surface area contributed by atoms with E-state index in [4.69, 9.17) is 5.73 Å². The number of rotatable bonds is 2. The summed E-state index contributed by atoms with van der Waals surface area (Å²) in [6, 6.07) is 6.02. The molecule has 2 aromatic rings. The highest BCUT2D eigenvalue weighted by Crippen LogP contribution is 2.39. The number of nitrogens with two attached hydrogens (primary N) is 1. The molecule has 2 N–H and O–H groups in total. The molecule has 0 atom stereocenters. The molecular weight excluding hydrogens is 245 g/mol. The van der Waals surface area contributed by atoms with Crippen LogP contribution in [0.2, 0.25) is 0 Å². The number of Topliss-reactive ketones (excluding diaryl/α,β-unsaturated/α-hetero) is 1. The van der Waals surface area contributed by atoms with Crippen LogP contribution in [0, 0.1) is 0 Å². The maximum absolute atomic E-state index is 13.1. The number of hydrogen-bond acceptors (Lipinski definition) is 2. The Labute approximate surface area is 101 Å². The Morgan fingerprint density at radius 2 is 1.94 bits per heavy atom. The summed E-state index contributed by atoms with van der Waals surface area (Å²) in [5, 5.41) is 0.0179. The molecule has 1 aromatic heterocycles. The van der Waals surface area contributed by atoms with E-state index in [9.17, 15) is 18.0 Å². The number of halogens is 3. The third kappa shape index (κ3) is 1.78. The van der Waals surface area contributed by atoms with Gasteiger partial charge >= 0.3 is 6.18 Å². The summed E-state index contributed by atoms with van der Waals surface area (Å²) in [6.07, 6.45) is -4.58. The van der Waals surface area contributed by atoms with Gasteiger partial charge in [0.15, 0.2) is 5.78 Å². The second-order valence-corrected chi connectivity index (χ2v) is 3.92. The topological polar surface area (TPSA) is 48.0 Å². The number of fused-ring (bicyclic) bond motifs is 1. The van der Waals surface area contributed by atoms with E-state index in [1.54, 1.807) is 6.07 Å². The average Bonchev–Trinajstić information content (AvgIpc) is 2.62. The normalized spacial score (nSPS) is 12.1. The minimum Gasteiger partial charge on any atom is -0.341 e. The van der Waals surface area contributed by atoms with Gasteiger partial charge < -0.3 is 10.3 Å².